The summed E-state index contributed by atoms with van der Waals surface area (Å²) >= 11 is 0. The Morgan fingerprint density at radius 2 is 1.77 bits per heavy atom. The molecule has 1 aliphatic heterocycles. The van der Waals surface area contributed by atoms with E-state index in [9.17, 15) is 13.2 Å². The van der Waals surface area contributed by atoms with Gasteiger partial charge in [-0.05, 0) is 73.6 Å². The summed E-state index contributed by atoms with van der Waals surface area (Å²) < 4.78 is 33.2. The molecule has 1 N–H and O–H groups in total. The summed E-state index contributed by atoms with van der Waals surface area (Å²) in [5.74, 6) is 0.994. The smallest absolute Gasteiger partial charge is 0.251 e. The molecule has 1 saturated heterocycles. The lowest BCUT2D eigenvalue weighted by Gasteiger charge is -2.30. The van der Waals surface area contributed by atoms with Gasteiger partial charge in [-0.1, -0.05) is 19.1 Å². The first-order valence-electron chi connectivity index (χ1n) is 10.2. The summed E-state index contributed by atoms with van der Waals surface area (Å²) in [4.78, 5) is 13.0. The zero-order valence-electron chi connectivity index (χ0n) is 18.1. The predicted octanol–water partition coefficient (Wildman–Crippen LogP) is 3.66. The molecular formula is C23H30N2O4S. The Morgan fingerprint density at radius 1 is 1.13 bits per heavy atom. The van der Waals surface area contributed by atoms with E-state index in [4.69, 9.17) is 4.74 Å². The number of methoxy groups -OCH3 is 1. The summed E-state index contributed by atoms with van der Waals surface area (Å²) in [5, 5.41) is 2.88. The molecule has 0 unspecified atom stereocenters. The maximum absolute atomic E-state index is 13.3. The Kier molecular flexibility index (Phi) is 6.83. The summed E-state index contributed by atoms with van der Waals surface area (Å²) in [6.45, 7) is 7.18. The quantitative estimate of drug-likeness (QED) is 0.759. The molecule has 0 radical (unpaired) electrons. The summed E-state index contributed by atoms with van der Waals surface area (Å²) in [7, 11) is -2.03. The molecule has 162 valence electrons. The minimum absolute atomic E-state index is 0.228. The topological polar surface area (TPSA) is 75.7 Å². The second-order valence-corrected chi connectivity index (χ2v) is 9.94. The number of rotatable bonds is 6. The van der Waals surface area contributed by atoms with Crippen LogP contribution in [0.1, 0.15) is 46.8 Å². The van der Waals surface area contributed by atoms with Crippen molar-refractivity contribution in [3.8, 4) is 5.75 Å². The highest BCUT2D eigenvalue weighted by atomic mass is 32.2. The molecule has 2 aromatic carbocycles. The van der Waals surface area contributed by atoms with Crippen LogP contribution in [0.3, 0.4) is 0 Å². The van der Waals surface area contributed by atoms with Crippen LogP contribution in [0.2, 0.25) is 0 Å². The number of hydrogen-bond donors (Lipinski definition) is 1. The van der Waals surface area contributed by atoms with E-state index in [1.54, 1.807) is 24.4 Å². The number of benzene rings is 2. The van der Waals surface area contributed by atoms with E-state index in [1.807, 2.05) is 31.2 Å². The van der Waals surface area contributed by atoms with Crippen molar-refractivity contribution in [3.05, 3.63) is 58.7 Å². The number of hydrogen-bond acceptors (Lipinski definition) is 4. The van der Waals surface area contributed by atoms with Crippen molar-refractivity contribution >= 4 is 15.9 Å². The molecule has 0 atom stereocenters. The van der Waals surface area contributed by atoms with E-state index in [2.05, 4.69) is 12.2 Å². The van der Waals surface area contributed by atoms with Gasteiger partial charge >= 0.3 is 0 Å². The van der Waals surface area contributed by atoms with Crippen LogP contribution in [0, 0.1) is 19.8 Å². The number of carbonyl (C=O) groups is 1. The molecule has 3 rings (SSSR count). The fourth-order valence-corrected chi connectivity index (χ4v) is 5.41. The fourth-order valence-electron chi connectivity index (χ4n) is 3.62. The van der Waals surface area contributed by atoms with Gasteiger partial charge in [0.2, 0.25) is 10.0 Å². The highest BCUT2D eigenvalue weighted by Gasteiger charge is 2.30. The molecule has 0 aromatic heterocycles. The van der Waals surface area contributed by atoms with Crippen molar-refractivity contribution in [1.29, 1.82) is 0 Å². The van der Waals surface area contributed by atoms with Crippen LogP contribution in [0.15, 0.2) is 41.3 Å². The van der Waals surface area contributed by atoms with Gasteiger partial charge in [0.05, 0.1) is 12.0 Å². The molecule has 0 aliphatic carbocycles. The number of nitrogens with zero attached hydrogens (tertiary/aromatic N) is 1. The van der Waals surface area contributed by atoms with Gasteiger partial charge in [0, 0.05) is 25.2 Å². The van der Waals surface area contributed by atoms with Crippen LogP contribution in [-0.2, 0) is 16.6 Å². The lowest BCUT2D eigenvalue weighted by molar-refractivity contribution is 0.0950. The molecule has 0 saturated carbocycles. The Hall–Kier alpha value is -2.38. The number of sulfonamides is 1. The normalized spacial score (nSPS) is 15.7. The van der Waals surface area contributed by atoms with Gasteiger partial charge in [0.25, 0.3) is 5.91 Å². The largest absolute Gasteiger partial charge is 0.497 e. The molecule has 1 heterocycles. The van der Waals surface area contributed by atoms with Gasteiger partial charge < -0.3 is 10.1 Å². The highest BCUT2D eigenvalue weighted by Crippen LogP contribution is 2.28. The van der Waals surface area contributed by atoms with Crippen molar-refractivity contribution in [2.75, 3.05) is 20.2 Å². The Bertz CT molecular complexity index is 1010. The summed E-state index contributed by atoms with van der Waals surface area (Å²) in [6, 6.07) is 10.7. The first-order chi connectivity index (χ1) is 14.2. The van der Waals surface area contributed by atoms with Gasteiger partial charge in [-0.25, -0.2) is 8.42 Å². The van der Waals surface area contributed by atoms with Crippen molar-refractivity contribution in [1.82, 2.24) is 9.62 Å². The molecule has 7 heteroatoms. The third-order valence-corrected chi connectivity index (χ3v) is 7.88. The lowest BCUT2D eigenvalue weighted by atomic mass is 10.0. The zero-order valence-corrected chi connectivity index (χ0v) is 18.9. The van der Waals surface area contributed by atoms with Crippen LogP contribution in [0.5, 0.6) is 5.75 Å². The standard InChI is InChI=1S/C23H30N2O4S/c1-16-9-11-25(12-10-16)30(27,28)22-14-20(13-17(2)18(22)3)23(26)24-15-19-5-7-21(29-4)8-6-19/h5-8,13-14,16H,9-12,15H2,1-4H3,(H,24,26). The number of nitrogens with one attached hydrogen (secondary N) is 1. The van der Waals surface area contributed by atoms with E-state index >= 15 is 0 Å². The average molecular weight is 431 g/mol. The number of amides is 1. The van der Waals surface area contributed by atoms with Crippen molar-refractivity contribution in [3.63, 3.8) is 0 Å². The fraction of sp³-hybridized carbons (Fsp3) is 0.435. The molecule has 1 amide bonds. The van der Waals surface area contributed by atoms with Gasteiger partial charge in [-0.3, -0.25) is 4.79 Å². The molecule has 2 aromatic rings. The van der Waals surface area contributed by atoms with Gasteiger partial charge in [-0.15, -0.1) is 0 Å². The summed E-state index contributed by atoms with van der Waals surface area (Å²) in [5.41, 5.74) is 2.77. The highest BCUT2D eigenvalue weighted by molar-refractivity contribution is 7.89. The Morgan fingerprint density at radius 3 is 2.37 bits per heavy atom. The first kappa shape index (κ1) is 22.3. The van der Waals surface area contributed by atoms with Crippen LogP contribution < -0.4 is 10.1 Å². The average Bonchev–Trinajstić information content (AvgIpc) is 2.74. The minimum Gasteiger partial charge on any atom is -0.497 e. The van der Waals surface area contributed by atoms with Crippen molar-refractivity contribution in [2.24, 2.45) is 5.92 Å². The van der Waals surface area contributed by atoms with E-state index < -0.39 is 10.0 Å². The number of carbonyl (C=O) groups excluding carboxylic acids is 1. The second kappa shape index (κ2) is 9.18. The molecule has 6 nitrogen and oxygen atoms in total. The third kappa shape index (κ3) is 4.84. The van der Waals surface area contributed by atoms with E-state index in [0.29, 0.717) is 36.7 Å². The molecule has 0 spiro atoms. The molecule has 0 bridgehead atoms. The Balaban J connectivity index is 1.80. The van der Waals surface area contributed by atoms with E-state index in [1.165, 1.54) is 6.07 Å². The van der Waals surface area contributed by atoms with Gasteiger partial charge in [0.15, 0.2) is 0 Å². The first-order valence-corrected chi connectivity index (χ1v) is 11.7. The Labute approximate surface area is 179 Å². The SMILES string of the molecule is COc1ccc(CNC(=O)c2cc(C)c(C)c(S(=O)(=O)N3CCC(C)CC3)c2)cc1. The van der Waals surface area contributed by atoms with Crippen LogP contribution in [-0.4, -0.2) is 38.8 Å². The maximum Gasteiger partial charge on any atom is 0.251 e. The van der Waals surface area contributed by atoms with Crippen LogP contribution in [0.25, 0.3) is 0 Å². The molecular weight excluding hydrogens is 400 g/mol. The number of piperidine rings is 1. The lowest BCUT2D eigenvalue weighted by Crippen LogP contribution is -2.38. The third-order valence-electron chi connectivity index (χ3n) is 5.85. The van der Waals surface area contributed by atoms with Crippen molar-refractivity contribution < 1.29 is 17.9 Å². The number of ether oxygens (including phenoxy) is 1. The second-order valence-electron chi connectivity index (χ2n) is 8.03. The predicted molar refractivity (Wildman–Crippen MR) is 117 cm³/mol. The van der Waals surface area contributed by atoms with Gasteiger partial charge in [0.1, 0.15) is 5.75 Å². The maximum atomic E-state index is 13.3. The molecule has 1 aliphatic rings. The van der Waals surface area contributed by atoms with E-state index in [0.717, 1.165) is 29.7 Å². The number of aryl methyl sites for hydroxylation is 1. The van der Waals surface area contributed by atoms with Crippen molar-refractivity contribution in [2.45, 2.75) is 45.1 Å². The van der Waals surface area contributed by atoms with E-state index in [-0.39, 0.29) is 10.8 Å². The molecule has 1 fully saturated rings. The summed E-state index contributed by atoms with van der Waals surface area (Å²) in [6.07, 6.45) is 1.72. The van der Waals surface area contributed by atoms with Crippen LogP contribution in [0.4, 0.5) is 0 Å². The zero-order chi connectivity index (χ0) is 21.9. The minimum atomic E-state index is -3.63. The monoisotopic (exact) mass is 430 g/mol. The van der Waals surface area contributed by atoms with Gasteiger partial charge in [-0.2, -0.15) is 4.31 Å². The van der Waals surface area contributed by atoms with Crippen LogP contribution >= 0.6 is 0 Å². The molecule has 30 heavy (non-hydrogen) atoms.